The van der Waals surface area contributed by atoms with Gasteiger partial charge in [0.2, 0.25) is 11.8 Å². The van der Waals surface area contributed by atoms with Gasteiger partial charge in [-0.15, -0.1) is 0 Å². The Morgan fingerprint density at radius 2 is 1.58 bits per heavy atom. The number of amides is 2. The minimum atomic E-state index is -4.18. The number of benzene rings is 3. The Balaban J connectivity index is 2.01. The maximum atomic E-state index is 14.4. The standard InChI is InChI=1S/C26H27ClFN3O4S/c1-3-29-26(33)19(2)30(17-20-9-7-8-12-24(20)28)25(32)18-31(22-10-5-4-6-11-22)36(34,35)23-15-13-21(27)14-16-23/h4-16,19H,3,17-18H2,1-2H3,(H,29,33)/t19-/m1/s1. The van der Waals surface area contributed by atoms with Gasteiger partial charge in [0, 0.05) is 23.7 Å². The molecule has 0 heterocycles. The van der Waals surface area contributed by atoms with Gasteiger partial charge in [-0.1, -0.05) is 48.0 Å². The van der Waals surface area contributed by atoms with Crippen LogP contribution < -0.4 is 9.62 Å². The van der Waals surface area contributed by atoms with Crippen molar-refractivity contribution >= 4 is 39.1 Å². The molecule has 3 aromatic carbocycles. The van der Waals surface area contributed by atoms with Gasteiger partial charge in [-0.2, -0.15) is 0 Å². The van der Waals surface area contributed by atoms with Gasteiger partial charge in [-0.3, -0.25) is 13.9 Å². The zero-order valence-corrected chi connectivity index (χ0v) is 21.5. The van der Waals surface area contributed by atoms with E-state index in [9.17, 15) is 22.4 Å². The van der Waals surface area contributed by atoms with E-state index in [2.05, 4.69) is 5.32 Å². The maximum Gasteiger partial charge on any atom is 0.264 e. The molecule has 1 atom stereocenters. The summed E-state index contributed by atoms with van der Waals surface area (Å²) in [5.74, 6) is -1.64. The Labute approximate surface area is 215 Å². The molecule has 0 aromatic heterocycles. The number of carbonyl (C=O) groups excluding carboxylic acids is 2. The molecule has 190 valence electrons. The van der Waals surface area contributed by atoms with E-state index in [1.807, 2.05) is 0 Å². The lowest BCUT2D eigenvalue weighted by Crippen LogP contribution is -2.51. The molecular formula is C26H27ClFN3O4S. The molecular weight excluding hydrogens is 505 g/mol. The number of anilines is 1. The number of nitrogens with one attached hydrogen (secondary N) is 1. The summed E-state index contributed by atoms with van der Waals surface area (Å²) in [6, 6.07) is 18.7. The second-order valence-corrected chi connectivity index (χ2v) is 10.3. The number of nitrogens with zero attached hydrogens (tertiary/aromatic N) is 2. The highest BCUT2D eigenvalue weighted by Gasteiger charge is 2.32. The van der Waals surface area contributed by atoms with Gasteiger partial charge >= 0.3 is 0 Å². The molecule has 0 bridgehead atoms. The van der Waals surface area contributed by atoms with E-state index in [4.69, 9.17) is 11.6 Å². The van der Waals surface area contributed by atoms with Crippen LogP contribution in [0.2, 0.25) is 5.02 Å². The fourth-order valence-corrected chi connectivity index (χ4v) is 5.11. The van der Waals surface area contributed by atoms with Crippen molar-refractivity contribution in [3.63, 3.8) is 0 Å². The second-order valence-electron chi connectivity index (χ2n) is 7.98. The molecule has 0 aliphatic rings. The van der Waals surface area contributed by atoms with Crippen LogP contribution in [-0.2, 0) is 26.2 Å². The summed E-state index contributed by atoms with van der Waals surface area (Å²) in [6.07, 6.45) is 0. The maximum absolute atomic E-state index is 14.4. The molecule has 2 amide bonds. The minimum absolute atomic E-state index is 0.0546. The quantitative estimate of drug-likeness (QED) is 0.424. The first kappa shape index (κ1) is 27.2. The molecule has 0 aliphatic heterocycles. The van der Waals surface area contributed by atoms with Gasteiger partial charge in [0.25, 0.3) is 10.0 Å². The SMILES string of the molecule is CCNC(=O)[C@@H](C)N(Cc1ccccc1F)C(=O)CN(c1ccccc1)S(=O)(=O)c1ccc(Cl)cc1. The summed E-state index contributed by atoms with van der Waals surface area (Å²) < 4.78 is 42.6. The first-order valence-corrected chi connectivity index (χ1v) is 13.1. The highest BCUT2D eigenvalue weighted by atomic mass is 35.5. The molecule has 0 aliphatic carbocycles. The molecule has 0 spiro atoms. The molecule has 0 unspecified atom stereocenters. The molecule has 0 radical (unpaired) electrons. The summed E-state index contributed by atoms with van der Waals surface area (Å²) in [5.41, 5.74) is 0.464. The number of hydrogen-bond acceptors (Lipinski definition) is 4. The summed E-state index contributed by atoms with van der Waals surface area (Å²) in [5, 5.41) is 3.02. The first-order valence-electron chi connectivity index (χ1n) is 11.3. The van der Waals surface area contributed by atoms with Crippen LogP contribution in [0.3, 0.4) is 0 Å². The van der Waals surface area contributed by atoms with Gasteiger partial charge in [0.1, 0.15) is 18.4 Å². The molecule has 3 aromatic rings. The highest BCUT2D eigenvalue weighted by molar-refractivity contribution is 7.92. The van der Waals surface area contributed by atoms with Crippen LogP contribution in [0.5, 0.6) is 0 Å². The Kier molecular flexibility index (Phi) is 9.06. The Morgan fingerprint density at radius 3 is 2.19 bits per heavy atom. The lowest BCUT2D eigenvalue weighted by molar-refractivity contribution is -0.139. The Morgan fingerprint density at radius 1 is 0.972 bits per heavy atom. The molecule has 0 saturated heterocycles. The smallest absolute Gasteiger partial charge is 0.264 e. The van der Waals surface area contributed by atoms with Crippen molar-refractivity contribution in [3.05, 3.63) is 95.3 Å². The minimum Gasteiger partial charge on any atom is -0.355 e. The summed E-state index contributed by atoms with van der Waals surface area (Å²) >= 11 is 5.93. The van der Waals surface area contributed by atoms with Crippen LogP contribution in [-0.4, -0.2) is 44.3 Å². The molecule has 1 N–H and O–H groups in total. The average Bonchev–Trinajstić information content (AvgIpc) is 2.87. The second kappa shape index (κ2) is 12.0. The topological polar surface area (TPSA) is 86.8 Å². The van der Waals surface area contributed by atoms with Crippen LogP contribution in [0.4, 0.5) is 10.1 Å². The number of likely N-dealkylation sites (N-methyl/N-ethyl adjacent to an activating group) is 1. The van der Waals surface area contributed by atoms with E-state index >= 15 is 0 Å². The van der Waals surface area contributed by atoms with E-state index in [0.29, 0.717) is 11.6 Å². The van der Waals surface area contributed by atoms with Crippen molar-refractivity contribution in [1.82, 2.24) is 10.2 Å². The van der Waals surface area contributed by atoms with Gasteiger partial charge in [-0.05, 0) is 56.3 Å². The number of sulfonamides is 1. The normalized spacial score (nSPS) is 12.0. The van der Waals surface area contributed by atoms with Crippen molar-refractivity contribution in [3.8, 4) is 0 Å². The zero-order chi connectivity index (χ0) is 26.3. The van der Waals surface area contributed by atoms with Crippen molar-refractivity contribution in [1.29, 1.82) is 0 Å². The number of carbonyl (C=O) groups is 2. The predicted octanol–water partition coefficient (Wildman–Crippen LogP) is 4.23. The van der Waals surface area contributed by atoms with Crippen molar-refractivity contribution < 1.29 is 22.4 Å². The summed E-state index contributed by atoms with van der Waals surface area (Å²) in [4.78, 5) is 27.4. The van der Waals surface area contributed by atoms with Crippen molar-refractivity contribution in [2.24, 2.45) is 0 Å². The van der Waals surface area contributed by atoms with Crippen LogP contribution in [0.25, 0.3) is 0 Å². The fourth-order valence-electron chi connectivity index (χ4n) is 3.57. The number of para-hydroxylation sites is 1. The number of halogens is 2. The van der Waals surface area contributed by atoms with E-state index in [-0.39, 0.29) is 22.7 Å². The van der Waals surface area contributed by atoms with Gasteiger partial charge in [0.15, 0.2) is 0 Å². The van der Waals surface area contributed by atoms with E-state index in [1.165, 1.54) is 54.3 Å². The summed E-state index contributed by atoms with van der Waals surface area (Å²) in [6.45, 7) is 2.78. The van der Waals surface area contributed by atoms with E-state index in [1.54, 1.807) is 43.3 Å². The van der Waals surface area contributed by atoms with Gasteiger partial charge < -0.3 is 10.2 Å². The van der Waals surface area contributed by atoms with Gasteiger partial charge in [0.05, 0.1) is 10.6 Å². The number of rotatable bonds is 10. The van der Waals surface area contributed by atoms with Gasteiger partial charge in [-0.25, -0.2) is 12.8 Å². The molecule has 3 rings (SSSR count). The van der Waals surface area contributed by atoms with Crippen LogP contribution in [0.15, 0.2) is 83.8 Å². The first-order chi connectivity index (χ1) is 17.1. The predicted molar refractivity (Wildman–Crippen MR) is 138 cm³/mol. The molecule has 7 nitrogen and oxygen atoms in total. The zero-order valence-electron chi connectivity index (χ0n) is 19.9. The van der Waals surface area contributed by atoms with Crippen LogP contribution in [0.1, 0.15) is 19.4 Å². The third kappa shape index (κ3) is 6.41. The molecule has 0 saturated carbocycles. The van der Waals surface area contributed by atoms with E-state index < -0.39 is 40.2 Å². The lowest BCUT2D eigenvalue weighted by Gasteiger charge is -2.32. The van der Waals surface area contributed by atoms with Crippen LogP contribution in [0, 0.1) is 5.82 Å². The number of hydrogen-bond donors (Lipinski definition) is 1. The summed E-state index contributed by atoms with van der Waals surface area (Å²) in [7, 11) is -4.18. The fraction of sp³-hybridized carbons (Fsp3) is 0.231. The molecule has 36 heavy (non-hydrogen) atoms. The highest BCUT2D eigenvalue weighted by Crippen LogP contribution is 2.25. The molecule has 0 fully saturated rings. The Bertz CT molecular complexity index is 1300. The van der Waals surface area contributed by atoms with E-state index in [0.717, 1.165) is 4.31 Å². The Hall–Kier alpha value is -3.43. The monoisotopic (exact) mass is 531 g/mol. The van der Waals surface area contributed by atoms with Crippen LogP contribution >= 0.6 is 11.6 Å². The lowest BCUT2D eigenvalue weighted by atomic mass is 10.1. The van der Waals surface area contributed by atoms with Crippen molar-refractivity contribution in [2.45, 2.75) is 31.3 Å². The molecule has 10 heteroatoms. The average molecular weight is 532 g/mol. The van der Waals surface area contributed by atoms with Crippen molar-refractivity contribution in [2.75, 3.05) is 17.4 Å². The largest absolute Gasteiger partial charge is 0.355 e. The third-order valence-corrected chi connectivity index (χ3v) is 7.58. The third-order valence-electron chi connectivity index (χ3n) is 5.54.